The van der Waals surface area contributed by atoms with Gasteiger partial charge in [-0.2, -0.15) is 0 Å². The van der Waals surface area contributed by atoms with Crippen molar-refractivity contribution in [1.29, 1.82) is 0 Å². The third-order valence-corrected chi connectivity index (χ3v) is 5.74. The smallest absolute Gasteiger partial charge is 0.0612 e. The molecule has 0 bridgehead atoms. The summed E-state index contributed by atoms with van der Waals surface area (Å²) in [5.41, 5.74) is 1.80. The third-order valence-electron chi connectivity index (χ3n) is 5.00. The van der Waals surface area contributed by atoms with Crippen LogP contribution >= 0.6 is 23.2 Å². The Morgan fingerprint density at radius 2 is 1.63 bits per heavy atom. The van der Waals surface area contributed by atoms with Gasteiger partial charge in [0.2, 0.25) is 0 Å². The first-order valence-electron chi connectivity index (χ1n) is 7.39. The average molecular weight is 298 g/mol. The molecule has 2 aliphatic carbocycles. The van der Waals surface area contributed by atoms with Gasteiger partial charge < -0.3 is 5.32 Å². The van der Waals surface area contributed by atoms with E-state index in [0.717, 1.165) is 5.69 Å². The van der Waals surface area contributed by atoms with Crippen LogP contribution in [0.2, 0.25) is 10.0 Å². The summed E-state index contributed by atoms with van der Waals surface area (Å²) in [4.78, 5) is 0. The molecule has 0 heterocycles. The Morgan fingerprint density at radius 1 is 0.947 bits per heavy atom. The molecule has 0 atom stereocenters. The molecule has 1 nitrogen and oxygen atoms in total. The highest BCUT2D eigenvalue weighted by molar-refractivity contribution is 6.42. The third kappa shape index (κ3) is 3.03. The number of hydrogen-bond donors (Lipinski definition) is 1. The van der Waals surface area contributed by atoms with Crippen molar-refractivity contribution < 1.29 is 0 Å². The van der Waals surface area contributed by atoms with E-state index in [1.807, 2.05) is 18.2 Å². The number of anilines is 1. The van der Waals surface area contributed by atoms with E-state index in [2.05, 4.69) is 5.32 Å². The fourth-order valence-electron chi connectivity index (χ4n) is 3.82. The molecular formula is C16H21Cl2N. The summed E-state index contributed by atoms with van der Waals surface area (Å²) in [6.07, 6.45) is 11.2. The minimum absolute atomic E-state index is 0.600. The maximum absolute atomic E-state index is 6.06. The van der Waals surface area contributed by atoms with Crippen molar-refractivity contribution in [2.75, 3.05) is 5.32 Å². The molecule has 2 fully saturated rings. The molecule has 0 saturated heterocycles. The molecule has 0 unspecified atom stereocenters. The van der Waals surface area contributed by atoms with Crippen molar-refractivity contribution in [2.45, 2.75) is 57.4 Å². The lowest BCUT2D eigenvalue weighted by molar-refractivity contribution is 0.188. The molecule has 0 aliphatic heterocycles. The van der Waals surface area contributed by atoms with Crippen molar-refractivity contribution in [3.05, 3.63) is 28.2 Å². The molecule has 0 amide bonds. The lowest BCUT2D eigenvalue weighted by atomic mass is 9.71. The van der Waals surface area contributed by atoms with Gasteiger partial charge in [-0.15, -0.1) is 0 Å². The molecule has 1 aromatic rings. The molecule has 0 aromatic heterocycles. The zero-order valence-corrected chi connectivity index (χ0v) is 12.7. The average Bonchev–Trinajstić information content (AvgIpc) is 2.86. The summed E-state index contributed by atoms with van der Waals surface area (Å²) in [6.45, 7) is 0. The number of benzene rings is 1. The fourth-order valence-corrected chi connectivity index (χ4v) is 4.12. The van der Waals surface area contributed by atoms with Crippen LogP contribution in [0.3, 0.4) is 0 Å². The van der Waals surface area contributed by atoms with Crippen LogP contribution in [-0.2, 0) is 0 Å². The van der Waals surface area contributed by atoms with E-state index in [0.29, 0.717) is 21.5 Å². The quantitative estimate of drug-likeness (QED) is 0.715. The highest BCUT2D eigenvalue weighted by Gasteiger charge is 2.37. The Hall–Kier alpha value is -0.400. The normalized spacial score (nSPS) is 22.8. The van der Waals surface area contributed by atoms with Gasteiger partial charge in [0.15, 0.2) is 0 Å². The van der Waals surface area contributed by atoms with Gasteiger partial charge in [-0.25, -0.2) is 0 Å². The fraction of sp³-hybridized carbons (Fsp3) is 0.625. The van der Waals surface area contributed by atoms with Gasteiger partial charge in [0.25, 0.3) is 0 Å². The Labute approximate surface area is 125 Å². The van der Waals surface area contributed by atoms with Crippen LogP contribution in [0.5, 0.6) is 0 Å². The van der Waals surface area contributed by atoms with Crippen LogP contribution < -0.4 is 5.32 Å². The van der Waals surface area contributed by atoms with Crippen LogP contribution in [0.15, 0.2) is 18.2 Å². The minimum Gasteiger partial charge on any atom is -0.382 e. The maximum Gasteiger partial charge on any atom is 0.0612 e. The molecule has 2 saturated carbocycles. The van der Waals surface area contributed by atoms with Crippen LogP contribution in [0.25, 0.3) is 0 Å². The highest BCUT2D eigenvalue weighted by atomic mass is 35.5. The van der Waals surface area contributed by atoms with Gasteiger partial charge >= 0.3 is 0 Å². The highest BCUT2D eigenvalue weighted by Crippen LogP contribution is 2.49. The van der Waals surface area contributed by atoms with Crippen LogP contribution in [0.1, 0.15) is 51.4 Å². The second-order valence-corrected chi connectivity index (χ2v) is 7.07. The molecule has 3 rings (SSSR count). The largest absolute Gasteiger partial charge is 0.382 e. The summed E-state index contributed by atoms with van der Waals surface area (Å²) in [5.74, 6) is 0. The lowest BCUT2D eigenvalue weighted by Crippen LogP contribution is -2.31. The topological polar surface area (TPSA) is 12.0 Å². The molecular weight excluding hydrogens is 277 g/mol. The standard InChI is InChI=1S/C16H21Cl2N/c17-14-4-3-13(11-15(14)18)19-12-5-9-16(10-6-12)7-1-2-8-16/h3-4,11-12,19H,1-2,5-10H2. The number of rotatable bonds is 2. The molecule has 2 aliphatic rings. The zero-order chi connectivity index (χ0) is 13.3. The lowest BCUT2D eigenvalue weighted by Gasteiger charge is -2.37. The Morgan fingerprint density at radius 3 is 2.26 bits per heavy atom. The number of halogens is 2. The summed E-state index contributed by atoms with van der Waals surface area (Å²) in [6, 6.07) is 6.43. The van der Waals surface area contributed by atoms with Gasteiger partial charge in [-0.1, -0.05) is 36.0 Å². The van der Waals surface area contributed by atoms with Crippen molar-refractivity contribution in [1.82, 2.24) is 0 Å². The second kappa shape index (κ2) is 5.54. The Bertz CT molecular complexity index is 442. The van der Waals surface area contributed by atoms with Crippen molar-refractivity contribution in [3.8, 4) is 0 Å². The number of hydrogen-bond acceptors (Lipinski definition) is 1. The summed E-state index contributed by atoms with van der Waals surface area (Å²) in [7, 11) is 0. The van der Waals surface area contributed by atoms with Gasteiger partial charge in [-0.05, 0) is 62.1 Å². The molecule has 1 N–H and O–H groups in total. The molecule has 19 heavy (non-hydrogen) atoms. The van der Waals surface area contributed by atoms with E-state index in [1.54, 1.807) is 0 Å². The predicted molar refractivity (Wildman–Crippen MR) is 83.2 cm³/mol. The first-order valence-corrected chi connectivity index (χ1v) is 8.14. The van der Waals surface area contributed by atoms with E-state index >= 15 is 0 Å². The first-order chi connectivity index (χ1) is 9.17. The molecule has 1 spiro atoms. The van der Waals surface area contributed by atoms with Crippen molar-refractivity contribution in [3.63, 3.8) is 0 Å². The number of nitrogens with one attached hydrogen (secondary N) is 1. The van der Waals surface area contributed by atoms with Gasteiger partial charge in [0.05, 0.1) is 10.0 Å². The monoisotopic (exact) mass is 297 g/mol. The minimum atomic E-state index is 0.600. The zero-order valence-electron chi connectivity index (χ0n) is 11.2. The van der Waals surface area contributed by atoms with Crippen molar-refractivity contribution >= 4 is 28.9 Å². The SMILES string of the molecule is Clc1ccc(NC2CCC3(CCCC3)CC2)cc1Cl. The van der Waals surface area contributed by atoms with Crippen LogP contribution in [0.4, 0.5) is 5.69 Å². The Kier molecular flexibility index (Phi) is 3.96. The predicted octanol–water partition coefficient (Wildman–Crippen LogP) is 5.91. The molecule has 0 radical (unpaired) electrons. The maximum atomic E-state index is 6.06. The summed E-state index contributed by atoms with van der Waals surface area (Å²) >= 11 is 12.0. The first kappa shape index (κ1) is 13.6. The molecule has 3 heteroatoms. The summed E-state index contributed by atoms with van der Waals surface area (Å²) < 4.78 is 0. The van der Waals surface area contributed by atoms with Gasteiger partial charge in [-0.3, -0.25) is 0 Å². The van der Waals surface area contributed by atoms with E-state index in [1.165, 1.54) is 51.4 Å². The molecule has 1 aromatic carbocycles. The van der Waals surface area contributed by atoms with Crippen molar-refractivity contribution in [2.24, 2.45) is 5.41 Å². The van der Waals surface area contributed by atoms with Crippen LogP contribution in [0, 0.1) is 5.41 Å². The Balaban J connectivity index is 1.58. The van der Waals surface area contributed by atoms with E-state index in [4.69, 9.17) is 23.2 Å². The van der Waals surface area contributed by atoms with E-state index in [-0.39, 0.29) is 0 Å². The van der Waals surface area contributed by atoms with E-state index in [9.17, 15) is 0 Å². The summed E-state index contributed by atoms with van der Waals surface area (Å²) in [5, 5.41) is 4.87. The van der Waals surface area contributed by atoms with Gasteiger partial charge in [0, 0.05) is 11.7 Å². The van der Waals surface area contributed by atoms with Crippen LogP contribution in [-0.4, -0.2) is 6.04 Å². The second-order valence-electron chi connectivity index (χ2n) is 6.25. The van der Waals surface area contributed by atoms with E-state index < -0.39 is 0 Å². The molecule has 104 valence electrons. The van der Waals surface area contributed by atoms with Gasteiger partial charge in [0.1, 0.15) is 0 Å².